The van der Waals surface area contributed by atoms with Crippen LogP contribution in [0.2, 0.25) is 18.1 Å². The zero-order valence-electron chi connectivity index (χ0n) is 45.2. The molecule has 3 aliphatic rings. The molecule has 0 aliphatic carbocycles. The van der Waals surface area contributed by atoms with E-state index in [1.54, 1.807) is 42.1 Å². The fourth-order valence-corrected chi connectivity index (χ4v) is 10.7. The van der Waals surface area contributed by atoms with E-state index in [4.69, 9.17) is 56.5 Å². The van der Waals surface area contributed by atoms with Gasteiger partial charge < -0.3 is 66.5 Å². The van der Waals surface area contributed by atoms with Crippen LogP contribution in [0.1, 0.15) is 121 Å². The van der Waals surface area contributed by atoms with E-state index in [-0.39, 0.29) is 42.7 Å². The highest BCUT2D eigenvalue weighted by Crippen LogP contribution is 2.42. The fourth-order valence-electron chi connectivity index (χ4n) is 9.34. The SMILES string of the molecule is CCCC(=O)O[C@H]1[C@H](C)O[C@@H](O[C@H]2[C@H](N(C)C)[C@@H](O)[C@H](O[C@H]3[C@@H](CC(OC)OC)C[C@@H](C)[C@@H](O[Si](C)(C)C(C)(C)C)/C=C/C=C/C[C@@H](C)OC(=O)C[C@@H](OC)[C@@H]3OC)O[C@@H]2C)C[C@@]1(C)OC(=O)CC. The third-order valence-corrected chi connectivity index (χ3v) is 18.7. The minimum Gasteiger partial charge on any atom is -0.462 e. The Morgan fingerprint density at radius 1 is 0.928 bits per heavy atom. The minimum atomic E-state index is -2.30. The van der Waals surface area contributed by atoms with Crippen LogP contribution in [0, 0.1) is 11.8 Å². The second kappa shape index (κ2) is 27.6. The summed E-state index contributed by atoms with van der Waals surface area (Å²) in [5.41, 5.74) is -1.28. The number of allylic oxidation sites excluding steroid dienone is 2. The summed E-state index contributed by atoms with van der Waals surface area (Å²) in [6.07, 6.45) is -0.494. The summed E-state index contributed by atoms with van der Waals surface area (Å²) in [7, 11) is 7.57. The van der Waals surface area contributed by atoms with Crippen LogP contribution >= 0.6 is 0 Å². The normalized spacial score (nSPS) is 36.7. The van der Waals surface area contributed by atoms with Gasteiger partial charge in [-0.15, -0.1) is 0 Å². The van der Waals surface area contributed by atoms with Crippen LogP contribution < -0.4 is 0 Å². The first kappa shape index (κ1) is 61.0. The molecule has 1 N–H and O–H groups in total. The van der Waals surface area contributed by atoms with Gasteiger partial charge in [-0.1, -0.05) is 65.8 Å². The molecule has 0 aromatic rings. The van der Waals surface area contributed by atoms with Gasteiger partial charge in [-0.25, -0.2) is 0 Å². The maximum atomic E-state index is 13.6. The van der Waals surface area contributed by atoms with E-state index in [9.17, 15) is 19.5 Å². The predicted molar refractivity (Wildman–Crippen MR) is 263 cm³/mol. The molecule has 2 saturated heterocycles. The topological polar surface area (TPSA) is 185 Å². The number of rotatable bonds is 18. The van der Waals surface area contributed by atoms with Gasteiger partial charge in [0.25, 0.3) is 0 Å². The summed E-state index contributed by atoms with van der Waals surface area (Å²) in [5.74, 6) is -1.87. The smallest absolute Gasteiger partial charge is 0.308 e. The van der Waals surface area contributed by atoms with Crippen molar-refractivity contribution in [1.82, 2.24) is 4.90 Å². The number of carbonyl (C=O) groups is 3. The third kappa shape index (κ3) is 17.1. The van der Waals surface area contributed by atoms with Gasteiger partial charge in [-0.05, 0) is 84.6 Å². The van der Waals surface area contributed by atoms with Crippen molar-refractivity contribution in [2.24, 2.45) is 11.8 Å². The minimum absolute atomic E-state index is 0.0371. The summed E-state index contributed by atoms with van der Waals surface area (Å²) >= 11 is 0. The van der Waals surface area contributed by atoms with Crippen molar-refractivity contribution in [2.45, 2.75) is 230 Å². The van der Waals surface area contributed by atoms with E-state index in [0.717, 1.165) is 0 Å². The van der Waals surface area contributed by atoms with Crippen LogP contribution in [0.15, 0.2) is 24.3 Å². The molecule has 0 spiro atoms. The number of ether oxygens (including phenoxy) is 11. The lowest BCUT2D eigenvalue weighted by Gasteiger charge is -2.51. The summed E-state index contributed by atoms with van der Waals surface area (Å²) in [6, 6.07) is -0.729. The average Bonchev–Trinajstić information content (AvgIpc) is 3.25. The standard InChI is InChI=1S/C51H91NO16Si/c1-19-24-39(54)64-48-34(6)62-42(30-51(48,10)67-38(53)20-2)65-45-33(5)63-49(44(56)43(45)52(11)12)66-46-35(28-41(58-14)59-15)27-31(3)36(68-69(17,18)50(7,8)9)26-23-21-22-25-32(4)61-40(55)29-37(57-13)47(46)60-16/h21-23,26,31-37,41-49,56H,19-20,24-25,27-30H2,1-18H3/b22-21+,26-23+/t31-,32-,33-,34+,35-,36+,37-,42+,43-,44-,45-,46+,47+,48+,49+,51-/m1/s1. The lowest BCUT2D eigenvalue weighted by atomic mass is 9.82. The van der Waals surface area contributed by atoms with E-state index < -0.39 is 118 Å². The first-order valence-electron chi connectivity index (χ1n) is 25.0. The van der Waals surface area contributed by atoms with Gasteiger partial charge in [0.1, 0.15) is 24.4 Å². The van der Waals surface area contributed by atoms with Crippen molar-refractivity contribution in [1.29, 1.82) is 0 Å². The van der Waals surface area contributed by atoms with Gasteiger partial charge in [-0.3, -0.25) is 14.4 Å². The first-order valence-corrected chi connectivity index (χ1v) is 27.9. The molecule has 0 amide bonds. The maximum absolute atomic E-state index is 13.6. The number of cyclic esters (lactones) is 1. The average molecular weight is 1000 g/mol. The number of nitrogens with zero attached hydrogens (tertiary/aromatic N) is 1. The summed E-state index contributed by atoms with van der Waals surface area (Å²) in [4.78, 5) is 41.0. The Balaban J connectivity index is 2.14. The Morgan fingerprint density at radius 3 is 2.16 bits per heavy atom. The van der Waals surface area contributed by atoms with Gasteiger partial charge >= 0.3 is 17.9 Å². The highest BCUT2D eigenvalue weighted by atomic mass is 28.4. The summed E-state index contributed by atoms with van der Waals surface area (Å²) in [5, 5.41) is 12.5. The molecule has 3 aliphatic heterocycles. The van der Waals surface area contributed by atoms with E-state index in [1.165, 1.54) is 7.11 Å². The van der Waals surface area contributed by atoms with E-state index in [1.807, 2.05) is 58.0 Å². The Kier molecular flexibility index (Phi) is 24.4. The number of aliphatic hydroxyl groups excluding tert-OH is 1. The van der Waals surface area contributed by atoms with Gasteiger partial charge in [0, 0.05) is 60.5 Å². The molecule has 16 atom stereocenters. The number of hydrogen-bond donors (Lipinski definition) is 1. The number of aliphatic hydroxyl groups is 1. The van der Waals surface area contributed by atoms with E-state index >= 15 is 0 Å². The first-order chi connectivity index (χ1) is 32.3. The second-order valence-electron chi connectivity index (χ2n) is 21.1. The van der Waals surface area contributed by atoms with Crippen molar-refractivity contribution in [3.8, 4) is 0 Å². The molecule has 2 fully saturated rings. The fraction of sp³-hybridized carbons (Fsp3) is 0.863. The highest BCUT2D eigenvalue weighted by Gasteiger charge is 2.55. The van der Waals surface area contributed by atoms with Crippen molar-refractivity contribution < 1.29 is 76.0 Å². The number of carbonyl (C=O) groups excluding carboxylic acids is 3. The van der Waals surface area contributed by atoms with Crippen LogP contribution in [0.4, 0.5) is 0 Å². The molecule has 0 aromatic carbocycles. The molecule has 18 heteroatoms. The Labute approximate surface area is 414 Å². The molecule has 69 heavy (non-hydrogen) atoms. The van der Waals surface area contributed by atoms with Crippen LogP contribution in [0.5, 0.6) is 0 Å². The largest absolute Gasteiger partial charge is 0.462 e. The van der Waals surface area contributed by atoms with Crippen molar-refractivity contribution >= 4 is 26.2 Å². The van der Waals surface area contributed by atoms with E-state index in [0.29, 0.717) is 25.7 Å². The van der Waals surface area contributed by atoms with Crippen molar-refractivity contribution in [3.63, 3.8) is 0 Å². The van der Waals surface area contributed by atoms with E-state index in [2.05, 4.69) is 46.9 Å². The lowest BCUT2D eigenvalue weighted by Crippen LogP contribution is -2.66. The van der Waals surface area contributed by atoms with Crippen molar-refractivity contribution in [2.75, 3.05) is 42.5 Å². The lowest BCUT2D eigenvalue weighted by molar-refractivity contribution is -0.345. The van der Waals surface area contributed by atoms with Crippen LogP contribution in [0.25, 0.3) is 0 Å². The van der Waals surface area contributed by atoms with Crippen LogP contribution in [-0.4, -0.2) is 170 Å². The molecule has 0 unspecified atom stereocenters. The third-order valence-electron chi connectivity index (χ3n) is 14.2. The Bertz CT molecular complexity index is 1640. The Hall–Kier alpha value is -2.33. The predicted octanol–water partition coefficient (Wildman–Crippen LogP) is 7.26. The molecule has 0 aromatic heterocycles. The summed E-state index contributed by atoms with van der Waals surface area (Å²) < 4.78 is 75.9. The molecule has 3 heterocycles. The molecule has 0 saturated carbocycles. The quantitative estimate of drug-likeness (QED) is 0.0625. The Morgan fingerprint density at radius 2 is 1.59 bits per heavy atom. The van der Waals surface area contributed by atoms with Gasteiger partial charge in [0.05, 0.1) is 43.0 Å². The number of esters is 3. The van der Waals surface area contributed by atoms with Gasteiger partial charge in [0.2, 0.25) is 0 Å². The van der Waals surface area contributed by atoms with Gasteiger partial charge in [-0.2, -0.15) is 0 Å². The number of likely N-dealkylation sites (N-methyl/N-ethyl adjacent to an activating group) is 1. The summed E-state index contributed by atoms with van der Waals surface area (Å²) in [6.45, 7) is 24.0. The molecule has 0 radical (unpaired) electrons. The molecule has 400 valence electrons. The van der Waals surface area contributed by atoms with Crippen LogP contribution in [-0.2, 0) is 70.9 Å². The molecular formula is C51H91NO16Si. The zero-order valence-corrected chi connectivity index (χ0v) is 46.2. The number of hydrogen-bond acceptors (Lipinski definition) is 17. The van der Waals surface area contributed by atoms with Gasteiger partial charge in [0.15, 0.2) is 38.9 Å². The molecular weight excluding hydrogens is 911 g/mol. The second-order valence-corrected chi connectivity index (χ2v) is 25.9. The maximum Gasteiger partial charge on any atom is 0.308 e. The molecule has 3 rings (SSSR count). The highest BCUT2D eigenvalue weighted by molar-refractivity contribution is 6.74. The molecule has 17 nitrogen and oxygen atoms in total. The molecule has 0 bridgehead atoms. The number of methoxy groups -OCH3 is 4. The van der Waals surface area contributed by atoms with Crippen LogP contribution in [0.3, 0.4) is 0 Å². The zero-order chi connectivity index (χ0) is 52.0. The van der Waals surface area contributed by atoms with Crippen molar-refractivity contribution in [3.05, 3.63) is 24.3 Å². The monoisotopic (exact) mass is 1000 g/mol.